The Morgan fingerprint density at radius 1 is 1.50 bits per heavy atom. The number of aromatic hydroxyl groups is 1. The Kier molecular flexibility index (Phi) is 4.84. The molecule has 0 heterocycles. The molecule has 1 fully saturated rings. The summed E-state index contributed by atoms with van der Waals surface area (Å²) in [5.41, 5.74) is 6.02. The van der Waals surface area contributed by atoms with Crippen molar-refractivity contribution < 1.29 is 14.6 Å². The predicted molar refractivity (Wildman–Crippen MR) is 76.9 cm³/mol. The number of nitrogens with two attached hydrogens (primary N) is 1. The summed E-state index contributed by atoms with van der Waals surface area (Å²) in [5.74, 6) is 0.603. The van der Waals surface area contributed by atoms with Gasteiger partial charge in [-0.15, -0.1) is 0 Å². The van der Waals surface area contributed by atoms with Crippen molar-refractivity contribution in [2.45, 2.75) is 31.7 Å². The highest BCUT2D eigenvalue weighted by molar-refractivity contribution is 5.97. The summed E-state index contributed by atoms with van der Waals surface area (Å²) < 4.78 is 5.00. The first-order valence-corrected chi connectivity index (χ1v) is 7.03. The normalized spacial score (nSPS) is 16.9. The lowest BCUT2D eigenvalue weighted by Gasteiger charge is -2.23. The maximum Gasteiger partial charge on any atom is 0.255 e. The summed E-state index contributed by atoms with van der Waals surface area (Å²) in [6.07, 6.45) is 4.61. The van der Waals surface area contributed by atoms with Crippen molar-refractivity contribution in [1.29, 1.82) is 0 Å². The van der Waals surface area contributed by atoms with Crippen LogP contribution < -0.4 is 15.8 Å². The van der Waals surface area contributed by atoms with E-state index in [0.29, 0.717) is 18.2 Å². The Hall–Kier alpha value is -1.75. The molecule has 1 atom stereocenters. The van der Waals surface area contributed by atoms with Gasteiger partial charge in [0.2, 0.25) is 0 Å². The largest absolute Gasteiger partial charge is 0.507 e. The lowest BCUT2D eigenvalue weighted by Crippen LogP contribution is -2.44. The van der Waals surface area contributed by atoms with Crippen LogP contribution in [0.5, 0.6) is 11.5 Å². The molecule has 2 rings (SSSR count). The second kappa shape index (κ2) is 6.61. The van der Waals surface area contributed by atoms with Crippen LogP contribution in [-0.4, -0.2) is 30.7 Å². The molecule has 5 nitrogen and oxygen atoms in total. The fraction of sp³-hybridized carbons (Fsp3) is 0.533. The Labute approximate surface area is 119 Å². The second-order valence-corrected chi connectivity index (χ2v) is 5.24. The van der Waals surface area contributed by atoms with E-state index < -0.39 is 0 Å². The summed E-state index contributed by atoms with van der Waals surface area (Å²) in [6, 6.07) is 4.63. The van der Waals surface area contributed by atoms with Gasteiger partial charge in [-0.05, 0) is 30.9 Å². The van der Waals surface area contributed by atoms with Crippen LogP contribution in [0.4, 0.5) is 0 Å². The van der Waals surface area contributed by atoms with E-state index in [0.717, 1.165) is 12.8 Å². The first-order valence-electron chi connectivity index (χ1n) is 7.03. The van der Waals surface area contributed by atoms with Gasteiger partial charge in [0, 0.05) is 18.7 Å². The molecule has 0 radical (unpaired) electrons. The SMILES string of the molecule is COc1ccc(C(=O)NC(CN)C2CCCC2)c(O)c1. The average Bonchev–Trinajstić information content (AvgIpc) is 2.98. The Morgan fingerprint density at radius 2 is 2.20 bits per heavy atom. The van der Waals surface area contributed by atoms with E-state index in [9.17, 15) is 9.90 Å². The van der Waals surface area contributed by atoms with Gasteiger partial charge in [-0.3, -0.25) is 4.79 Å². The van der Waals surface area contributed by atoms with E-state index in [2.05, 4.69) is 5.32 Å². The van der Waals surface area contributed by atoms with E-state index in [1.165, 1.54) is 26.0 Å². The number of nitrogens with one attached hydrogen (secondary N) is 1. The molecule has 1 saturated carbocycles. The van der Waals surface area contributed by atoms with E-state index >= 15 is 0 Å². The molecule has 0 saturated heterocycles. The molecule has 5 heteroatoms. The maximum absolute atomic E-state index is 12.2. The van der Waals surface area contributed by atoms with Crippen LogP contribution in [0.2, 0.25) is 0 Å². The van der Waals surface area contributed by atoms with Crippen molar-refractivity contribution in [2.75, 3.05) is 13.7 Å². The maximum atomic E-state index is 12.2. The molecule has 1 unspecified atom stereocenters. The van der Waals surface area contributed by atoms with Gasteiger partial charge < -0.3 is 20.9 Å². The number of phenolic OH excluding ortho intramolecular Hbond substituents is 1. The van der Waals surface area contributed by atoms with Gasteiger partial charge in [-0.1, -0.05) is 12.8 Å². The second-order valence-electron chi connectivity index (χ2n) is 5.24. The van der Waals surface area contributed by atoms with Gasteiger partial charge in [0.05, 0.1) is 12.7 Å². The minimum Gasteiger partial charge on any atom is -0.507 e. The summed E-state index contributed by atoms with van der Waals surface area (Å²) >= 11 is 0. The summed E-state index contributed by atoms with van der Waals surface area (Å²) in [4.78, 5) is 12.2. The Morgan fingerprint density at radius 3 is 2.75 bits per heavy atom. The molecule has 1 amide bonds. The highest BCUT2D eigenvalue weighted by Gasteiger charge is 2.26. The standard InChI is InChI=1S/C15H22N2O3/c1-20-11-6-7-12(14(18)8-11)15(19)17-13(9-16)10-4-2-3-5-10/h6-8,10,13,18H,2-5,9,16H2,1H3,(H,17,19). The molecule has 0 aliphatic heterocycles. The highest BCUT2D eigenvalue weighted by atomic mass is 16.5. The van der Waals surface area contributed by atoms with Crippen LogP contribution in [0, 0.1) is 5.92 Å². The molecule has 0 aromatic heterocycles. The number of methoxy groups -OCH3 is 1. The van der Waals surface area contributed by atoms with Crippen molar-refractivity contribution in [3.8, 4) is 11.5 Å². The first kappa shape index (κ1) is 14.7. The smallest absolute Gasteiger partial charge is 0.255 e. The third-order valence-electron chi connectivity index (χ3n) is 3.99. The molecule has 0 spiro atoms. The van der Waals surface area contributed by atoms with Crippen LogP contribution in [0.15, 0.2) is 18.2 Å². The van der Waals surface area contributed by atoms with Crippen LogP contribution in [0.1, 0.15) is 36.0 Å². The number of rotatable bonds is 5. The van der Waals surface area contributed by atoms with Crippen LogP contribution in [-0.2, 0) is 0 Å². The van der Waals surface area contributed by atoms with Crippen molar-refractivity contribution in [2.24, 2.45) is 11.7 Å². The third-order valence-corrected chi connectivity index (χ3v) is 3.99. The number of ether oxygens (including phenoxy) is 1. The van der Waals surface area contributed by atoms with E-state index in [1.807, 2.05) is 0 Å². The predicted octanol–water partition coefficient (Wildman–Crippen LogP) is 1.65. The number of phenols is 1. The molecule has 1 aliphatic rings. The lowest BCUT2D eigenvalue weighted by atomic mass is 9.97. The van der Waals surface area contributed by atoms with Crippen molar-refractivity contribution >= 4 is 5.91 Å². The van der Waals surface area contributed by atoms with Crippen LogP contribution in [0.25, 0.3) is 0 Å². The quantitative estimate of drug-likeness (QED) is 0.764. The van der Waals surface area contributed by atoms with Crippen molar-refractivity contribution in [1.82, 2.24) is 5.32 Å². The highest BCUT2D eigenvalue weighted by Crippen LogP contribution is 2.28. The Bertz CT molecular complexity index is 470. The molecule has 110 valence electrons. The molecule has 1 aromatic rings. The van der Waals surface area contributed by atoms with Crippen LogP contribution >= 0.6 is 0 Å². The van der Waals surface area contributed by atoms with E-state index in [1.54, 1.807) is 12.1 Å². The monoisotopic (exact) mass is 278 g/mol. The van der Waals surface area contributed by atoms with Crippen LogP contribution in [0.3, 0.4) is 0 Å². The number of amides is 1. The number of benzene rings is 1. The molecule has 1 aromatic carbocycles. The van der Waals surface area contributed by atoms with Crippen molar-refractivity contribution in [3.05, 3.63) is 23.8 Å². The average molecular weight is 278 g/mol. The number of hydrogen-bond donors (Lipinski definition) is 3. The van der Waals surface area contributed by atoms with E-state index in [-0.39, 0.29) is 23.3 Å². The summed E-state index contributed by atoms with van der Waals surface area (Å²) in [7, 11) is 1.51. The van der Waals surface area contributed by atoms with Gasteiger partial charge in [-0.25, -0.2) is 0 Å². The number of hydrogen-bond acceptors (Lipinski definition) is 4. The van der Waals surface area contributed by atoms with Crippen molar-refractivity contribution in [3.63, 3.8) is 0 Å². The van der Waals surface area contributed by atoms with Gasteiger partial charge in [0.25, 0.3) is 5.91 Å². The zero-order chi connectivity index (χ0) is 14.5. The first-order chi connectivity index (χ1) is 9.65. The van der Waals surface area contributed by atoms with Gasteiger partial charge in [0.15, 0.2) is 0 Å². The zero-order valence-electron chi connectivity index (χ0n) is 11.8. The van der Waals surface area contributed by atoms with Gasteiger partial charge in [0.1, 0.15) is 11.5 Å². The topological polar surface area (TPSA) is 84.6 Å². The minimum atomic E-state index is -0.285. The van der Waals surface area contributed by atoms with Gasteiger partial charge in [-0.2, -0.15) is 0 Å². The summed E-state index contributed by atoms with van der Waals surface area (Å²) in [5, 5.41) is 12.8. The molecule has 0 bridgehead atoms. The Balaban J connectivity index is 2.06. The van der Waals surface area contributed by atoms with Gasteiger partial charge >= 0.3 is 0 Å². The fourth-order valence-corrected chi connectivity index (χ4v) is 2.81. The molecule has 20 heavy (non-hydrogen) atoms. The summed E-state index contributed by atoms with van der Waals surface area (Å²) in [6.45, 7) is 0.424. The molecule has 1 aliphatic carbocycles. The number of carbonyl (C=O) groups is 1. The molecule has 4 N–H and O–H groups in total. The number of carbonyl (C=O) groups excluding carboxylic acids is 1. The molecular formula is C15H22N2O3. The fourth-order valence-electron chi connectivity index (χ4n) is 2.81. The van der Waals surface area contributed by atoms with E-state index in [4.69, 9.17) is 10.5 Å². The minimum absolute atomic E-state index is 0.0218. The third kappa shape index (κ3) is 3.22. The molecular weight excluding hydrogens is 256 g/mol. The zero-order valence-corrected chi connectivity index (χ0v) is 11.8. The lowest BCUT2D eigenvalue weighted by molar-refractivity contribution is 0.0921.